The number of nitro groups is 1. The lowest BCUT2D eigenvalue weighted by atomic mass is 10.2. The van der Waals surface area contributed by atoms with E-state index < -0.39 is 10.9 Å². The monoisotopic (exact) mass is 273 g/mol. The number of carbonyl (C=O) groups is 1. The van der Waals surface area contributed by atoms with E-state index in [0.29, 0.717) is 0 Å². The summed E-state index contributed by atoms with van der Waals surface area (Å²) in [4.78, 5) is 21.8. The molecule has 0 amide bonds. The molecular formula is C14H11NO5. The Kier molecular flexibility index (Phi) is 3.95. The van der Waals surface area contributed by atoms with Crippen molar-refractivity contribution in [3.8, 4) is 5.75 Å². The number of nitro benzene ring substituents is 1. The van der Waals surface area contributed by atoms with Crippen molar-refractivity contribution in [2.45, 2.75) is 6.61 Å². The van der Waals surface area contributed by atoms with Gasteiger partial charge in [0.15, 0.2) is 0 Å². The maximum absolute atomic E-state index is 11.8. The van der Waals surface area contributed by atoms with Crippen molar-refractivity contribution in [1.82, 2.24) is 0 Å². The van der Waals surface area contributed by atoms with Crippen molar-refractivity contribution in [1.29, 1.82) is 0 Å². The minimum absolute atomic E-state index is 0.0296. The van der Waals surface area contributed by atoms with Crippen LogP contribution in [-0.2, 0) is 11.3 Å². The van der Waals surface area contributed by atoms with Gasteiger partial charge in [0.05, 0.1) is 4.92 Å². The van der Waals surface area contributed by atoms with Crippen molar-refractivity contribution >= 4 is 11.7 Å². The first-order valence-electron chi connectivity index (χ1n) is 5.76. The van der Waals surface area contributed by atoms with Crippen LogP contribution < -0.4 is 0 Å². The lowest BCUT2D eigenvalue weighted by Crippen LogP contribution is -2.06. The van der Waals surface area contributed by atoms with Crippen LogP contribution in [0.3, 0.4) is 0 Å². The summed E-state index contributed by atoms with van der Waals surface area (Å²) < 4.78 is 5.01. The van der Waals surface area contributed by atoms with Crippen LogP contribution >= 0.6 is 0 Å². The van der Waals surface area contributed by atoms with Gasteiger partial charge in [-0.3, -0.25) is 10.1 Å². The van der Waals surface area contributed by atoms with E-state index in [1.165, 1.54) is 0 Å². The van der Waals surface area contributed by atoms with Crippen LogP contribution in [0.5, 0.6) is 5.75 Å². The van der Waals surface area contributed by atoms with Gasteiger partial charge in [-0.15, -0.1) is 0 Å². The third-order valence-corrected chi connectivity index (χ3v) is 2.62. The van der Waals surface area contributed by atoms with Gasteiger partial charge >= 0.3 is 5.97 Å². The largest absolute Gasteiger partial charge is 0.507 e. The minimum Gasteiger partial charge on any atom is -0.507 e. The Morgan fingerprint density at radius 3 is 2.55 bits per heavy atom. The van der Waals surface area contributed by atoms with Crippen LogP contribution in [0.15, 0.2) is 48.5 Å². The standard InChI is InChI=1S/C14H11NO5/c16-13-7-6-11(15(18)19)8-12(13)14(17)20-9-10-4-2-1-3-5-10/h1-8,16H,9H2. The molecule has 0 fully saturated rings. The van der Waals surface area contributed by atoms with E-state index in [0.717, 1.165) is 23.8 Å². The van der Waals surface area contributed by atoms with Crippen molar-refractivity contribution < 1.29 is 19.6 Å². The Morgan fingerprint density at radius 2 is 1.90 bits per heavy atom. The van der Waals surface area contributed by atoms with Gasteiger partial charge in [-0.1, -0.05) is 30.3 Å². The average Bonchev–Trinajstić information content (AvgIpc) is 2.46. The molecule has 102 valence electrons. The molecule has 0 unspecified atom stereocenters. The van der Waals surface area contributed by atoms with E-state index in [2.05, 4.69) is 0 Å². The summed E-state index contributed by atoms with van der Waals surface area (Å²) in [6, 6.07) is 12.2. The van der Waals surface area contributed by atoms with Gasteiger partial charge in [-0.05, 0) is 11.6 Å². The molecule has 0 heterocycles. The molecule has 6 heteroatoms. The number of nitrogens with zero attached hydrogens (tertiary/aromatic N) is 1. The minimum atomic E-state index is -0.810. The summed E-state index contributed by atoms with van der Waals surface area (Å²) in [6.45, 7) is 0.0296. The van der Waals surface area contributed by atoms with Gasteiger partial charge in [0.25, 0.3) is 5.69 Å². The predicted octanol–water partition coefficient (Wildman–Crippen LogP) is 2.66. The van der Waals surface area contributed by atoms with Gasteiger partial charge in [-0.25, -0.2) is 4.79 Å². The summed E-state index contributed by atoms with van der Waals surface area (Å²) in [5.74, 6) is -1.16. The van der Waals surface area contributed by atoms with Gasteiger partial charge in [0.2, 0.25) is 0 Å². The lowest BCUT2D eigenvalue weighted by molar-refractivity contribution is -0.384. The molecule has 0 aliphatic heterocycles. The number of ether oxygens (including phenoxy) is 1. The highest BCUT2D eigenvalue weighted by atomic mass is 16.6. The second-order valence-electron chi connectivity index (χ2n) is 4.02. The van der Waals surface area contributed by atoms with E-state index in [1.807, 2.05) is 6.07 Å². The summed E-state index contributed by atoms with van der Waals surface area (Å²) in [5.41, 5.74) is 0.273. The molecule has 2 aromatic rings. The number of hydrogen-bond acceptors (Lipinski definition) is 5. The van der Waals surface area contributed by atoms with Crippen LogP contribution in [0.4, 0.5) is 5.69 Å². The number of hydrogen-bond donors (Lipinski definition) is 1. The molecule has 2 rings (SSSR count). The topological polar surface area (TPSA) is 89.7 Å². The van der Waals surface area contributed by atoms with Gasteiger partial charge in [0, 0.05) is 12.1 Å². The lowest BCUT2D eigenvalue weighted by Gasteiger charge is -2.06. The SMILES string of the molecule is O=C(OCc1ccccc1)c1cc([N+](=O)[O-])ccc1O. The first kappa shape index (κ1) is 13.5. The number of phenolic OH excluding ortho intramolecular Hbond substituents is 1. The quantitative estimate of drug-likeness (QED) is 0.525. The summed E-state index contributed by atoms with van der Waals surface area (Å²) in [5, 5.41) is 20.2. The number of carbonyl (C=O) groups excluding carboxylic acids is 1. The Morgan fingerprint density at radius 1 is 1.20 bits per heavy atom. The molecule has 6 nitrogen and oxygen atoms in total. The summed E-state index contributed by atoms with van der Waals surface area (Å²) in [6.07, 6.45) is 0. The molecule has 0 radical (unpaired) electrons. The van der Waals surface area contributed by atoms with E-state index >= 15 is 0 Å². The highest BCUT2D eigenvalue weighted by Gasteiger charge is 2.17. The zero-order valence-corrected chi connectivity index (χ0v) is 10.4. The van der Waals surface area contributed by atoms with E-state index in [1.54, 1.807) is 24.3 Å². The van der Waals surface area contributed by atoms with E-state index in [-0.39, 0.29) is 23.6 Å². The zero-order chi connectivity index (χ0) is 14.5. The fourth-order valence-corrected chi connectivity index (χ4v) is 1.60. The van der Waals surface area contributed by atoms with Crippen molar-refractivity contribution in [2.75, 3.05) is 0 Å². The molecule has 1 N–H and O–H groups in total. The predicted molar refractivity (Wildman–Crippen MR) is 70.3 cm³/mol. The Labute approximate surface area is 114 Å². The first-order chi connectivity index (χ1) is 9.58. The highest BCUT2D eigenvalue weighted by molar-refractivity contribution is 5.93. The number of non-ortho nitro benzene ring substituents is 1. The molecule has 20 heavy (non-hydrogen) atoms. The fourth-order valence-electron chi connectivity index (χ4n) is 1.60. The molecule has 0 saturated carbocycles. The second kappa shape index (κ2) is 5.83. The molecule has 0 aliphatic carbocycles. The maximum atomic E-state index is 11.8. The molecule has 0 aromatic heterocycles. The summed E-state index contributed by atoms with van der Waals surface area (Å²) >= 11 is 0. The van der Waals surface area contributed by atoms with Crippen LogP contribution in [0.25, 0.3) is 0 Å². The van der Waals surface area contributed by atoms with Gasteiger partial charge in [-0.2, -0.15) is 0 Å². The molecule has 2 aromatic carbocycles. The maximum Gasteiger partial charge on any atom is 0.342 e. The van der Waals surface area contributed by atoms with E-state index in [9.17, 15) is 20.0 Å². The third-order valence-electron chi connectivity index (χ3n) is 2.62. The normalized spacial score (nSPS) is 10.0. The first-order valence-corrected chi connectivity index (χ1v) is 5.76. The smallest absolute Gasteiger partial charge is 0.342 e. The third kappa shape index (κ3) is 3.11. The number of rotatable bonds is 4. The average molecular weight is 273 g/mol. The van der Waals surface area contributed by atoms with Crippen LogP contribution in [0.1, 0.15) is 15.9 Å². The Balaban J connectivity index is 2.13. The molecule has 0 aliphatic rings. The summed E-state index contributed by atoms with van der Waals surface area (Å²) in [7, 11) is 0. The van der Waals surface area contributed by atoms with Crippen LogP contribution in [0, 0.1) is 10.1 Å². The molecule has 0 atom stereocenters. The van der Waals surface area contributed by atoms with Crippen molar-refractivity contribution in [3.05, 3.63) is 69.8 Å². The van der Waals surface area contributed by atoms with Crippen LogP contribution in [-0.4, -0.2) is 16.0 Å². The van der Waals surface area contributed by atoms with Gasteiger partial charge in [0.1, 0.15) is 17.9 Å². The number of aromatic hydroxyl groups is 1. The van der Waals surface area contributed by atoms with Crippen LogP contribution in [0.2, 0.25) is 0 Å². The van der Waals surface area contributed by atoms with Crippen molar-refractivity contribution in [2.24, 2.45) is 0 Å². The molecule has 0 bridgehead atoms. The highest BCUT2D eigenvalue weighted by Crippen LogP contribution is 2.23. The number of benzene rings is 2. The van der Waals surface area contributed by atoms with E-state index in [4.69, 9.17) is 4.74 Å². The Bertz CT molecular complexity index is 639. The van der Waals surface area contributed by atoms with Gasteiger partial charge < -0.3 is 9.84 Å². The van der Waals surface area contributed by atoms with Crippen molar-refractivity contribution in [3.63, 3.8) is 0 Å². The Hall–Kier alpha value is -2.89. The fraction of sp³-hybridized carbons (Fsp3) is 0.0714. The zero-order valence-electron chi connectivity index (χ0n) is 10.4. The number of esters is 1. The second-order valence-corrected chi connectivity index (χ2v) is 4.02. The number of phenols is 1. The molecule has 0 spiro atoms. The molecular weight excluding hydrogens is 262 g/mol. The molecule has 0 saturated heterocycles.